The van der Waals surface area contributed by atoms with Gasteiger partial charge in [-0.05, 0) is 37.3 Å². The summed E-state index contributed by atoms with van der Waals surface area (Å²) in [6.07, 6.45) is 0. The first-order valence-electron chi connectivity index (χ1n) is 7.71. The molecule has 2 aromatic rings. The first kappa shape index (κ1) is 18.3. The highest BCUT2D eigenvalue weighted by molar-refractivity contribution is 5.94. The van der Waals surface area contributed by atoms with Gasteiger partial charge in [0.05, 0.1) is 12.3 Å². The maximum atomic E-state index is 13.6. The molecule has 2 rings (SSSR count). The molecule has 0 radical (unpaired) electrons. The zero-order valence-corrected chi connectivity index (χ0v) is 14.0. The van der Waals surface area contributed by atoms with Gasteiger partial charge in [-0.25, -0.2) is 4.39 Å². The van der Waals surface area contributed by atoms with Crippen molar-refractivity contribution >= 4 is 23.2 Å². The molecule has 0 aliphatic carbocycles. The van der Waals surface area contributed by atoms with Gasteiger partial charge in [0, 0.05) is 12.6 Å². The van der Waals surface area contributed by atoms with E-state index in [-0.39, 0.29) is 12.3 Å². The van der Waals surface area contributed by atoms with Crippen molar-refractivity contribution in [2.24, 2.45) is 0 Å². The number of para-hydroxylation sites is 2. The Morgan fingerprint density at radius 1 is 1.04 bits per heavy atom. The second kappa shape index (κ2) is 8.68. The number of ether oxygens (including phenoxy) is 2. The quantitative estimate of drug-likeness (QED) is 0.807. The van der Waals surface area contributed by atoms with Crippen molar-refractivity contribution in [3.05, 3.63) is 48.3 Å². The van der Waals surface area contributed by atoms with E-state index < -0.39 is 17.6 Å². The first-order valence-corrected chi connectivity index (χ1v) is 7.71. The molecule has 0 aliphatic rings. The molecule has 0 aromatic heterocycles. The van der Waals surface area contributed by atoms with E-state index in [0.29, 0.717) is 23.8 Å². The van der Waals surface area contributed by atoms with Crippen LogP contribution in [-0.2, 0) is 9.59 Å². The molecule has 6 nitrogen and oxygen atoms in total. The fraction of sp³-hybridized carbons (Fsp3) is 0.222. The number of hydrogen-bond acceptors (Lipinski definition) is 4. The number of carbonyl (C=O) groups is 2. The Morgan fingerprint density at radius 2 is 1.72 bits per heavy atom. The lowest BCUT2D eigenvalue weighted by atomic mass is 10.2. The van der Waals surface area contributed by atoms with Crippen LogP contribution in [0.3, 0.4) is 0 Å². The minimum atomic E-state index is -0.588. The van der Waals surface area contributed by atoms with Crippen LogP contribution >= 0.6 is 0 Å². The number of hydrogen-bond donors (Lipinski definition) is 2. The minimum absolute atomic E-state index is 0.00657. The SMILES string of the molecule is CCOc1ccccc1OCC(=O)Nc1ccc(F)c(NC(C)=O)c1. The second-order valence-electron chi connectivity index (χ2n) is 5.09. The summed E-state index contributed by atoms with van der Waals surface area (Å²) in [5.41, 5.74) is 0.338. The normalized spacial score (nSPS) is 10.0. The van der Waals surface area contributed by atoms with Crippen LogP contribution in [0.25, 0.3) is 0 Å². The fourth-order valence-electron chi connectivity index (χ4n) is 2.07. The van der Waals surface area contributed by atoms with E-state index in [4.69, 9.17) is 9.47 Å². The summed E-state index contributed by atoms with van der Waals surface area (Å²) in [5, 5.41) is 4.93. The molecule has 25 heavy (non-hydrogen) atoms. The molecule has 2 amide bonds. The van der Waals surface area contributed by atoms with Crippen LogP contribution in [0, 0.1) is 5.82 Å². The highest BCUT2D eigenvalue weighted by atomic mass is 19.1. The average Bonchev–Trinajstić information content (AvgIpc) is 2.57. The molecule has 132 valence electrons. The molecule has 0 atom stereocenters. The zero-order valence-electron chi connectivity index (χ0n) is 14.0. The van der Waals surface area contributed by atoms with E-state index in [1.165, 1.54) is 19.1 Å². The van der Waals surface area contributed by atoms with E-state index in [1.54, 1.807) is 24.3 Å². The monoisotopic (exact) mass is 346 g/mol. The van der Waals surface area contributed by atoms with Crippen molar-refractivity contribution in [2.75, 3.05) is 23.8 Å². The van der Waals surface area contributed by atoms with Crippen LogP contribution in [0.5, 0.6) is 11.5 Å². The van der Waals surface area contributed by atoms with Crippen LogP contribution < -0.4 is 20.1 Å². The number of rotatable bonds is 7. The summed E-state index contributed by atoms with van der Waals surface area (Å²) in [4.78, 5) is 23.1. The van der Waals surface area contributed by atoms with E-state index in [9.17, 15) is 14.0 Å². The first-order chi connectivity index (χ1) is 12.0. The van der Waals surface area contributed by atoms with Crippen LogP contribution in [0.1, 0.15) is 13.8 Å². The molecule has 0 saturated heterocycles. The van der Waals surface area contributed by atoms with Gasteiger partial charge in [-0.3, -0.25) is 9.59 Å². The van der Waals surface area contributed by atoms with Crippen LogP contribution in [0.4, 0.5) is 15.8 Å². The maximum absolute atomic E-state index is 13.6. The molecule has 0 saturated carbocycles. The molecule has 0 aliphatic heterocycles. The Balaban J connectivity index is 1.98. The maximum Gasteiger partial charge on any atom is 0.262 e. The molecule has 0 heterocycles. The summed E-state index contributed by atoms with van der Waals surface area (Å²) in [5.74, 6) is -0.412. The van der Waals surface area contributed by atoms with Crippen LogP contribution in [0.2, 0.25) is 0 Å². The molecule has 7 heteroatoms. The molecule has 0 fully saturated rings. The standard InChI is InChI=1S/C18H19FN2O4/c1-3-24-16-6-4-5-7-17(16)25-11-18(23)21-13-8-9-14(19)15(10-13)20-12(2)22/h4-10H,3,11H2,1-2H3,(H,20,22)(H,21,23). The Labute approximate surface area is 144 Å². The molecule has 0 unspecified atom stereocenters. The van der Waals surface area contributed by atoms with Crippen LogP contribution in [-0.4, -0.2) is 25.0 Å². The summed E-state index contributed by atoms with van der Waals surface area (Å²) in [6, 6.07) is 10.9. The molecular weight excluding hydrogens is 327 g/mol. The fourth-order valence-corrected chi connectivity index (χ4v) is 2.07. The topological polar surface area (TPSA) is 76.7 Å². The van der Waals surface area contributed by atoms with E-state index in [2.05, 4.69) is 10.6 Å². The number of nitrogens with one attached hydrogen (secondary N) is 2. The lowest BCUT2D eigenvalue weighted by molar-refractivity contribution is -0.118. The smallest absolute Gasteiger partial charge is 0.262 e. The van der Waals surface area contributed by atoms with Gasteiger partial charge in [0.25, 0.3) is 5.91 Å². The highest BCUT2D eigenvalue weighted by Gasteiger charge is 2.10. The number of amides is 2. The van der Waals surface area contributed by atoms with Gasteiger partial charge in [0.2, 0.25) is 5.91 Å². The van der Waals surface area contributed by atoms with Crippen LogP contribution in [0.15, 0.2) is 42.5 Å². The predicted octanol–water partition coefficient (Wildman–Crippen LogP) is 3.20. The Bertz CT molecular complexity index is 764. The van der Waals surface area contributed by atoms with Gasteiger partial charge in [0.15, 0.2) is 18.1 Å². The van der Waals surface area contributed by atoms with Gasteiger partial charge < -0.3 is 20.1 Å². The van der Waals surface area contributed by atoms with Crippen molar-refractivity contribution < 1.29 is 23.5 Å². The van der Waals surface area contributed by atoms with E-state index in [0.717, 1.165) is 6.07 Å². The summed E-state index contributed by atoms with van der Waals surface area (Å²) >= 11 is 0. The predicted molar refractivity (Wildman–Crippen MR) is 92.4 cm³/mol. The highest BCUT2D eigenvalue weighted by Crippen LogP contribution is 2.26. The Morgan fingerprint density at radius 3 is 2.36 bits per heavy atom. The van der Waals surface area contributed by atoms with E-state index in [1.807, 2.05) is 6.92 Å². The van der Waals surface area contributed by atoms with Crippen molar-refractivity contribution in [2.45, 2.75) is 13.8 Å². The number of carbonyl (C=O) groups excluding carboxylic acids is 2. The lowest BCUT2D eigenvalue weighted by Gasteiger charge is -2.12. The van der Waals surface area contributed by atoms with Gasteiger partial charge in [-0.15, -0.1) is 0 Å². The van der Waals surface area contributed by atoms with Crippen molar-refractivity contribution in [3.63, 3.8) is 0 Å². The summed E-state index contributed by atoms with van der Waals surface area (Å²) in [6.45, 7) is 3.37. The molecule has 0 bridgehead atoms. The van der Waals surface area contributed by atoms with Gasteiger partial charge in [0.1, 0.15) is 5.82 Å². The van der Waals surface area contributed by atoms with Gasteiger partial charge >= 0.3 is 0 Å². The third kappa shape index (κ3) is 5.49. The molecule has 0 spiro atoms. The Hall–Kier alpha value is -3.09. The van der Waals surface area contributed by atoms with Crippen molar-refractivity contribution in [1.82, 2.24) is 0 Å². The van der Waals surface area contributed by atoms with Gasteiger partial charge in [-0.1, -0.05) is 12.1 Å². The van der Waals surface area contributed by atoms with Gasteiger partial charge in [-0.2, -0.15) is 0 Å². The minimum Gasteiger partial charge on any atom is -0.490 e. The molecule has 2 aromatic carbocycles. The Kier molecular flexibility index (Phi) is 6.33. The number of halogens is 1. The number of benzene rings is 2. The molecular formula is C18H19FN2O4. The third-order valence-electron chi connectivity index (χ3n) is 3.07. The third-order valence-corrected chi connectivity index (χ3v) is 3.07. The average molecular weight is 346 g/mol. The second-order valence-corrected chi connectivity index (χ2v) is 5.09. The largest absolute Gasteiger partial charge is 0.490 e. The zero-order chi connectivity index (χ0) is 18.2. The van der Waals surface area contributed by atoms with E-state index >= 15 is 0 Å². The summed E-state index contributed by atoms with van der Waals surface area (Å²) < 4.78 is 24.5. The lowest BCUT2D eigenvalue weighted by Crippen LogP contribution is -2.20. The van der Waals surface area contributed by atoms with Crippen molar-refractivity contribution in [3.8, 4) is 11.5 Å². The molecule has 2 N–H and O–H groups in total. The number of anilines is 2. The van der Waals surface area contributed by atoms with Crippen molar-refractivity contribution in [1.29, 1.82) is 0 Å². The summed E-state index contributed by atoms with van der Waals surface area (Å²) in [7, 11) is 0.